The molecule has 0 aliphatic heterocycles. The Labute approximate surface area is 201 Å². The van der Waals surface area contributed by atoms with Crippen LogP contribution in [0.1, 0.15) is 72.8 Å². The summed E-state index contributed by atoms with van der Waals surface area (Å²) in [5.74, 6) is -13.9. The summed E-state index contributed by atoms with van der Waals surface area (Å²) in [6.45, 7) is 11.2. The number of alkyl halides is 7. The van der Waals surface area contributed by atoms with Crippen LogP contribution in [-0.4, -0.2) is 41.7 Å². The molecule has 0 aliphatic carbocycles. The minimum atomic E-state index is -6.56. The molecule has 1 aromatic rings. The molecule has 1 amide bonds. The average Bonchev–Trinajstić information content (AvgIpc) is 2.73. The highest BCUT2D eigenvalue weighted by molar-refractivity contribution is 5.84. The molecular formula is C24H34F7NO3. The fourth-order valence-corrected chi connectivity index (χ4v) is 2.73. The Morgan fingerprint density at radius 1 is 0.857 bits per heavy atom. The standard InChI is InChI=1S/C24H34F7NO3/c1-7-20(3,4)34-17-13-12-16(18(15-17)35-21(5,6)8-2)11-9-10-14-32-19(33)22(25,26)23(27,28)24(29,30)31/h12-13,15H,7-11,14H2,1-6H3,(H,32,33). The van der Waals surface area contributed by atoms with E-state index in [1.54, 1.807) is 18.2 Å². The number of amides is 1. The molecule has 11 heteroatoms. The van der Waals surface area contributed by atoms with Gasteiger partial charge in [0, 0.05) is 12.6 Å². The van der Waals surface area contributed by atoms with E-state index in [2.05, 4.69) is 0 Å². The molecule has 0 heterocycles. The first-order valence-electron chi connectivity index (χ1n) is 11.4. The van der Waals surface area contributed by atoms with Gasteiger partial charge in [-0.1, -0.05) is 19.9 Å². The van der Waals surface area contributed by atoms with Gasteiger partial charge in [-0.15, -0.1) is 0 Å². The van der Waals surface area contributed by atoms with Crippen LogP contribution in [0.2, 0.25) is 0 Å². The number of hydrogen-bond donors (Lipinski definition) is 1. The van der Waals surface area contributed by atoms with Crippen molar-refractivity contribution in [1.29, 1.82) is 0 Å². The SMILES string of the molecule is CCC(C)(C)Oc1ccc(CCCCNC(=O)C(F)(F)C(F)(F)C(F)(F)F)c(OC(C)(C)CC)c1. The summed E-state index contributed by atoms with van der Waals surface area (Å²) in [6.07, 6.45) is -4.30. The number of aryl methyl sites for hydroxylation is 1. The molecule has 4 nitrogen and oxygen atoms in total. The topological polar surface area (TPSA) is 47.6 Å². The third-order valence-corrected chi connectivity index (χ3v) is 5.72. The van der Waals surface area contributed by atoms with Crippen LogP contribution in [0.3, 0.4) is 0 Å². The Morgan fingerprint density at radius 2 is 1.40 bits per heavy atom. The van der Waals surface area contributed by atoms with E-state index in [1.807, 2.05) is 41.5 Å². The number of hydrogen-bond acceptors (Lipinski definition) is 3. The summed E-state index contributed by atoms with van der Waals surface area (Å²) in [4.78, 5) is 11.3. The zero-order chi connectivity index (χ0) is 27.3. The molecule has 0 spiro atoms. The Hall–Kier alpha value is -2.20. The van der Waals surface area contributed by atoms with Crippen molar-refractivity contribution in [3.05, 3.63) is 23.8 Å². The number of halogens is 7. The predicted molar refractivity (Wildman–Crippen MR) is 118 cm³/mol. The second-order valence-electron chi connectivity index (χ2n) is 9.56. The van der Waals surface area contributed by atoms with Gasteiger partial charge in [0.25, 0.3) is 5.91 Å². The Morgan fingerprint density at radius 3 is 1.91 bits per heavy atom. The molecule has 0 saturated heterocycles. The lowest BCUT2D eigenvalue weighted by atomic mass is 10.0. The summed E-state index contributed by atoms with van der Waals surface area (Å²) in [7, 11) is 0. The maximum atomic E-state index is 13.4. The molecule has 35 heavy (non-hydrogen) atoms. The van der Waals surface area contributed by atoms with Crippen molar-refractivity contribution < 1.29 is 45.0 Å². The number of carbonyl (C=O) groups is 1. The van der Waals surface area contributed by atoms with Crippen molar-refractivity contribution in [2.24, 2.45) is 0 Å². The number of benzene rings is 1. The van der Waals surface area contributed by atoms with Crippen LogP contribution in [0.5, 0.6) is 11.5 Å². The van der Waals surface area contributed by atoms with Crippen molar-refractivity contribution in [1.82, 2.24) is 5.32 Å². The highest BCUT2D eigenvalue weighted by Gasteiger charge is 2.76. The minimum Gasteiger partial charge on any atom is -0.488 e. The van der Waals surface area contributed by atoms with Crippen molar-refractivity contribution in [3.8, 4) is 11.5 Å². The summed E-state index contributed by atoms with van der Waals surface area (Å²) in [5.41, 5.74) is -0.118. The van der Waals surface area contributed by atoms with E-state index in [0.29, 0.717) is 30.8 Å². The first kappa shape index (κ1) is 30.8. The maximum Gasteiger partial charge on any atom is 0.460 e. The zero-order valence-corrected chi connectivity index (χ0v) is 20.8. The van der Waals surface area contributed by atoms with Crippen LogP contribution < -0.4 is 14.8 Å². The molecule has 0 aromatic heterocycles. The number of unbranched alkanes of at least 4 members (excludes halogenated alkanes) is 1. The molecule has 0 unspecified atom stereocenters. The van der Waals surface area contributed by atoms with Crippen molar-refractivity contribution in [3.63, 3.8) is 0 Å². The third kappa shape index (κ3) is 8.17. The van der Waals surface area contributed by atoms with E-state index < -0.39 is 41.7 Å². The lowest BCUT2D eigenvalue weighted by Crippen LogP contribution is -2.59. The van der Waals surface area contributed by atoms with Gasteiger partial charge in [0.2, 0.25) is 0 Å². The molecule has 0 atom stereocenters. The van der Waals surface area contributed by atoms with Gasteiger partial charge in [-0.25, -0.2) is 0 Å². The average molecular weight is 518 g/mol. The molecule has 0 bridgehead atoms. The van der Waals surface area contributed by atoms with Crippen LogP contribution in [-0.2, 0) is 11.2 Å². The van der Waals surface area contributed by atoms with Gasteiger partial charge in [-0.05, 0) is 71.4 Å². The minimum absolute atomic E-state index is 0.0666. The van der Waals surface area contributed by atoms with E-state index in [4.69, 9.17) is 9.47 Å². The van der Waals surface area contributed by atoms with Crippen LogP contribution in [0.15, 0.2) is 18.2 Å². The second-order valence-corrected chi connectivity index (χ2v) is 9.56. The summed E-state index contributed by atoms with van der Waals surface area (Å²) in [5, 5.41) is 1.47. The number of rotatable bonds is 13. The van der Waals surface area contributed by atoms with E-state index >= 15 is 0 Å². The van der Waals surface area contributed by atoms with Crippen molar-refractivity contribution in [2.75, 3.05) is 6.54 Å². The fourth-order valence-electron chi connectivity index (χ4n) is 2.73. The highest BCUT2D eigenvalue weighted by atomic mass is 19.4. The van der Waals surface area contributed by atoms with E-state index in [1.165, 1.54) is 5.32 Å². The lowest BCUT2D eigenvalue weighted by Gasteiger charge is -2.29. The number of nitrogens with one attached hydrogen (secondary N) is 1. The molecule has 1 aromatic carbocycles. The molecule has 1 N–H and O–H groups in total. The van der Waals surface area contributed by atoms with Crippen LogP contribution in [0.4, 0.5) is 30.7 Å². The maximum absolute atomic E-state index is 13.4. The summed E-state index contributed by atoms with van der Waals surface area (Å²) in [6, 6.07) is 5.31. The molecule has 0 aliphatic rings. The Balaban J connectivity index is 2.82. The largest absolute Gasteiger partial charge is 0.488 e. The summed E-state index contributed by atoms with van der Waals surface area (Å²) >= 11 is 0. The van der Waals surface area contributed by atoms with Gasteiger partial charge in [0.15, 0.2) is 0 Å². The number of ether oxygens (including phenoxy) is 2. The van der Waals surface area contributed by atoms with Gasteiger partial charge in [-0.2, -0.15) is 30.7 Å². The molecule has 0 radical (unpaired) electrons. The predicted octanol–water partition coefficient (Wildman–Crippen LogP) is 7.09. The van der Waals surface area contributed by atoms with Gasteiger partial charge >= 0.3 is 18.0 Å². The van der Waals surface area contributed by atoms with Gasteiger partial charge in [0.1, 0.15) is 22.7 Å². The lowest BCUT2D eigenvalue weighted by molar-refractivity contribution is -0.344. The quantitative estimate of drug-likeness (QED) is 0.224. The Kier molecular flexibility index (Phi) is 9.90. The Bertz CT molecular complexity index is 852. The molecular weight excluding hydrogens is 483 g/mol. The zero-order valence-electron chi connectivity index (χ0n) is 20.8. The summed E-state index contributed by atoms with van der Waals surface area (Å²) < 4.78 is 101. The van der Waals surface area contributed by atoms with Crippen LogP contribution in [0.25, 0.3) is 0 Å². The highest BCUT2D eigenvalue weighted by Crippen LogP contribution is 2.46. The third-order valence-electron chi connectivity index (χ3n) is 5.72. The van der Waals surface area contributed by atoms with E-state index in [0.717, 1.165) is 12.0 Å². The van der Waals surface area contributed by atoms with E-state index in [9.17, 15) is 35.5 Å². The molecule has 0 saturated carbocycles. The second kappa shape index (κ2) is 11.2. The van der Waals surface area contributed by atoms with Gasteiger partial charge in [-0.3, -0.25) is 4.79 Å². The van der Waals surface area contributed by atoms with Gasteiger partial charge < -0.3 is 14.8 Å². The molecule has 202 valence electrons. The monoisotopic (exact) mass is 517 g/mol. The van der Waals surface area contributed by atoms with Gasteiger partial charge in [0.05, 0.1) is 0 Å². The van der Waals surface area contributed by atoms with E-state index in [-0.39, 0.29) is 6.42 Å². The normalized spacial score (nSPS) is 13.5. The molecule has 1 rings (SSSR count). The van der Waals surface area contributed by atoms with Crippen molar-refractivity contribution in [2.45, 2.75) is 103 Å². The number of carbonyl (C=O) groups excluding carboxylic acids is 1. The van der Waals surface area contributed by atoms with Crippen molar-refractivity contribution >= 4 is 5.91 Å². The smallest absolute Gasteiger partial charge is 0.460 e. The molecule has 0 fully saturated rings. The van der Waals surface area contributed by atoms with Crippen LogP contribution >= 0.6 is 0 Å². The first-order chi connectivity index (χ1) is 15.8. The van der Waals surface area contributed by atoms with Crippen LogP contribution in [0, 0.1) is 0 Å². The fraction of sp³-hybridized carbons (Fsp3) is 0.708. The first-order valence-corrected chi connectivity index (χ1v) is 11.4.